The molecule has 1 N–H and O–H groups in total. The Morgan fingerprint density at radius 1 is 1.25 bits per heavy atom. The van der Waals surface area contributed by atoms with E-state index in [4.69, 9.17) is 9.47 Å². The van der Waals surface area contributed by atoms with Gasteiger partial charge in [0.1, 0.15) is 12.4 Å². The third-order valence-electron chi connectivity index (χ3n) is 5.62. The zero-order chi connectivity index (χ0) is 19.7. The van der Waals surface area contributed by atoms with Gasteiger partial charge in [-0.25, -0.2) is 9.18 Å². The highest BCUT2D eigenvalue weighted by molar-refractivity contribution is 6.03. The fourth-order valence-electron chi connectivity index (χ4n) is 4.26. The lowest BCUT2D eigenvalue weighted by atomic mass is 9.75. The van der Waals surface area contributed by atoms with Crippen molar-refractivity contribution in [2.45, 2.75) is 51.0 Å². The summed E-state index contributed by atoms with van der Waals surface area (Å²) in [6, 6.07) is 5.99. The first-order chi connectivity index (χ1) is 13.5. The van der Waals surface area contributed by atoms with Crippen LogP contribution in [0.1, 0.15) is 50.5 Å². The molecule has 4 rings (SSSR count). The van der Waals surface area contributed by atoms with Crippen molar-refractivity contribution in [2.24, 2.45) is 0 Å². The molecule has 2 heterocycles. The van der Waals surface area contributed by atoms with Crippen LogP contribution in [-0.2, 0) is 19.1 Å². The summed E-state index contributed by atoms with van der Waals surface area (Å²) in [5.41, 5.74) is 3.28. The molecule has 1 saturated heterocycles. The number of ether oxygens (including phenoxy) is 2. The van der Waals surface area contributed by atoms with Gasteiger partial charge >= 0.3 is 5.97 Å². The van der Waals surface area contributed by atoms with Gasteiger partial charge in [-0.05, 0) is 50.3 Å². The third-order valence-corrected chi connectivity index (χ3v) is 5.62. The first kappa shape index (κ1) is 18.9. The first-order valence-corrected chi connectivity index (χ1v) is 9.83. The highest BCUT2D eigenvalue weighted by Crippen LogP contribution is 2.42. The molecule has 2 unspecified atom stereocenters. The molecule has 1 aromatic carbocycles. The standard InChI is InChI=1S/C22H24FNO4/c1-13-19(22(26)28-12-16-4-3-11-27-16)20(14-7-9-15(23)10-8-14)21-17(24-13)5-2-6-18(21)25/h7-10,16,20,24H,2-6,11-12H2,1H3. The average Bonchev–Trinajstić information content (AvgIpc) is 3.19. The van der Waals surface area contributed by atoms with Gasteiger partial charge in [-0.15, -0.1) is 0 Å². The second-order valence-corrected chi connectivity index (χ2v) is 7.55. The maximum atomic E-state index is 13.5. The van der Waals surface area contributed by atoms with Crippen LogP contribution in [0.4, 0.5) is 4.39 Å². The molecule has 5 nitrogen and oxygen atoms in total. The van der Waals surface area contributed by atoms with E-state index in [1.807, 2.05) is 6.92 Å². The summed E-state index contributed by atoms with van der Waals surface area (Å²) in [7, 11) is 0. The van der Waals surface area contributed by atoms with Gasteiger partial charge in [0, 0.05) is 35.9 Å². The second-order valence-electron chi connectivity index (χ2n) is 7.55. The molecule has 1 aliphatic carbocycles. The highest BCUT2D eigenvalue weighted by atomic mass is 19.1. The number of allylic oxidation sites excluding steroid dienone is 3. The first-order valence-electron chi connectivity index (χ1n) is 9.83. The van der Waals surface area contributed by atoms with Crippen LogP contribution in [-0.4, -0.2) is 31.1 Å². The number of ketones is 1. The molecule has 2 aliphatic heterocycles. The van der Waals surface area contributed by atoms with Gasteiger partial charge < -0.3 is 14.8 Å². The Morgan fingerprint density at radius 3 is 2.75 bits per heavy atom. The number of dihydropyridines is 1. The molecule has 6 heteroatoms. The van der Waals surface area contributed by atoms with Gasteiger partial charge in [0.25, 0.3) is 0 Å². The molecule has 0 amide bonds. The number of carbonyl (C=O) groups excluding carboxylic acids is 2. The lowest BCUT2D eigenvalue weighted by Gasteiger charge is -2.34. The van der Waals surface area contributed by atoms with Crippen LogP contribution in [0.2, 0.25) is 0 Å². The van der Waals surface area contributed by atoms with Crippen LogP contribution in [0.15, 0.2) is 46.8 Å². The summed E-state index contributed by atoms with van der Waals surface area (Å²) < 4.78 is 24.6. The Bertz CT molecular complexity index is 850. The van der Waals surface area contributed by atoms with Crippen molar-refractivity contribution >= 4 is 11.8 Å². The topological polar surface area (TPSA) is 64.6 Å². The number of hydrogen-bond donors (Lipinski definition) is 1. The summed E-state index contributed by atoms with van der Waals surface area (Å²) in [5.74, 6) is -1.33. The van der Waals surface area contributed by atoms with E-state index in [0.717, 1.165) is 31.4 Å². The summed E-state index contributed by atoms with van der Waals surface area (Å²) in [4.78, 5) is 25.8. The summed E-state index contributed by atoms with van der Waals surface area (Å²) in [6.45, 7) is 2.71. The maximum absolute atomic E-state index is 13.5. The number of esters is 1. The van der Waals surface area contributed by atoms with Crippen LogP contribution in [0.3, 0.4) is 0 Å². The number of rotatable bonds is 4. The molecule has 28 heavy (non-hydrogen) atoms. The number of Topliss-reactive ketones (excluding diaryl/α,β-unsaturated/α-hetero) is 1. The van der Waals surface area contributed by atoms with E-state index in [2.05, 4.69) is 5.32 Å². The average molecular weight is 385 g/mol. The van der Waals surface area contributed by atoms with E-state index in [1.54, 1.807) is 12.1 Å². The van der Waals surface area contributed by atoms with Gasteiger partial charge in [0.2, 0.25) is 0 Å². The van der Waals surface area contributed by atoms with Crippen LogP contribution in [0.25, 0.3) is 0 Å². The van der Waals surface area contributed by atoms with Gasteiger partial charge in [-0.3, -0.25) is 4.79 Å². The Kier molecular flexibility index (Phi) is 5.31. The molecule has 0 bridgehead atoms. The van der Waals surface area contributed by atoms with Crippen LogP contribution in [0, 0.1) is 5.82 Å². The Balaban J connectivity index is 1.68. The van der Waals surface area contributed by atoms with Crippen LogP contribution < -0.4 is 5.32 Å². The maximum Gasteiger partial charge on any atom is 0.336 e. The fourth-order valence-corrected chi connectivity index (χ4v) is 4.26. The van der Waals surface area contributed by atoms with Crippen LogP contribution in [0.5, 0.6) is 0 Å². The summed E-state index contributed by atoms with van der Waals surface area (Å²) in [6.07, 6.45) is 3.76. The third kappa shape index (κ3) is 3.61. The van der Waals surface area contributed by atoms with Crippen molar-refractivity contribution in [3.8, 4) is 0 Å². The minimum absolute atomic E-state index is 0.0278. The Morgan fingerprint density at radius 2 is 2.04 bits per heavy atom. The monoisotopic (exact) mass is 385 g/mol. The highest BCUT2D eigenvalue weighted by Gasteiger charge is 2.39. The smallest absolute Gasteiger partial charge is 0.336 e. The van der Waals surface area contributed by atoms with Crippen molar-refractivity contribution in [1.82, 2.24) is 5.32 Å². The van der Waals surface area contributed by atoms with Gasteiger partial charge in [0.05, 0.1) is 11.7 Å². The number of halogens is 1. The number of nitrogens with one attached hydrogen (secondary N) is 1. The van der Waals surface area contributed by atoms with Gasteiger partial charge in [0.15, 0.2) is 5.78 Å². The van der Waals surface area contributed by atoms with E-state index in [9.17, 15) is 14.0 Å². The minimum atomic E-state index is -0.540. The summed E-state index contributed by atoms with van der Waals surface area (Å²) in [5, 5.41) is 3.25. The molecule has 2 atom stereocenters. The number of hydrogen-bond acceptors (Lipinski definition) is 5. The molecule has 1 fully saturated rings. The molecule has 0 aromatic heterocycles. The predicted molar refractivity (Wildman–Crippen MR) is 101 cm³/mol. The van der Waals surface area contributed by atoms with E-state index in [-0.39, 0.29) is 24.3 Å². The number of benzene rings is 1. The largest absolute Gasteiger partial charge is 0.459 e. The Hall–Kier alpha value is -2.47. The molecule has 0 saturated carbocycles. The van der Waals surface area contributed by atoms with E-state index < -0.39 is 11.9 Å². The molecule has 0 radical (unpaired) electrons. The lowest BCUT2D eigenvalue weighted by Crippen LogP contribution is -2.35. The zero-order valence-electron chi connectivity index (χ0n) is 15.9. The van der Waals surface area contributed by atoms with Crippen molar-refractivity contribution in [3.63, 3.8) is 0 Å². The normalized spacial score (nSPS) is 24.9. The van der Waals surface area contributed by atoms with E-state index in [1.165, 1.54) is 12.1 Å². The molecule has 0 spiro atoms. The molecule has 148 valence electrons. The van der Waals surface area contributed by atoms with E-state index in [0.29, 0.717) is 35.4 Å². The molecule has 3 aliphatic rings. The fraction of sp³-hybridized carbons (Fsp3) is 0.455. The SMILES string of the molecule is CC1=C(C(=O)OCC2CCCO2)C(c2ccc(F)cc2)C2=C(CCCC2=O)N1. The number of carbonyl (C=O) groups is 2. The second kappa shape index (κ2) is 7.87. The lowest BCUT2D eigenvalue weighted by molar-refractivity contribution is -0.142. The van der Waals surface area contributed by atoms with Crippen molar-refractivity contribution < 1.29 is 23.5 Å². The van der Waals surface area contributed by atoms with E-state index >= 15 is 0 Å². The van der Waals surface area contributed by atoms with Crippen molar-refractivity contribution in [3.05, 3.63) is 58.2 Å². The van der Waals surface area contributed by atoms with Crippen molar-refractivity contribution in [1.29, 1.82) is 0 Å². The molecule has 1 aromatic rings. The molecular formula is C22H24FNO4. The molecular weight excluding hydrogens is 361 g/mol. The summed E-state index contributed by atoms with van der Waals surface area (Å²) >= 11 is 0. The van der Waals surface area contributed by atoms with Gasteiger partial charge in [-0.2, -0.15) is 0 Å². The van der Waals surface area contributed by atoms with Crippen molar-refractivity contribution in [2.75, 3.05) is 13.2 Å². The van der Waals surface area contributed by atoms with Gasteiger partial charge in [-0.1, -0.05) is 12.1 Å². The minimum Gasteiger partial charge on any atom is -0.459 e. The van der Waals surface area contributed by atoms with Crippen LogP contribution >= 0.6 is 0 Å². The Labute approximate surface area is 163 Å². The quantitative estimate of drug-likeness (QED) is 0.804. The zero-order valence-corrected chi connectivity index (χ0v) is 15.9. The predicted octanol–water partition coefficient (Wildman–Crippen LogP) is 3.52.